The Kier molecular flexibility index (Phi) is 5.65. The van der Waals surface area contributed by atoms with Gasteiger partial charge >= 0.3 is 11.9 Å². The molecule has 0 aromatic heterocycles. The van der Waals surface area contributed by atoms with Crippen molar-refractivity contribution in [2.24, 2.45) is 0 Å². The van der Waals surface area contributed by atoms with E-state index in [1.165, 1.54) is 0 Å². The fourth-order valence-electron chi connectivity index (χ4n) is 3.27. The topological polar surface area (TPSA) is 95.9 Å². The number of aliphatic hydroxyl groups excluding tert-OH is 1. The van der Waals surface area contributed by atoms with Gasteiger partial charge in [0.15, 0.2) is 0 Å². The molecule has 2 aromatic carbocycles. The molecule has 0 saturated carbocycles. The Morgan fingerprint density at radius 1 is 1.04 bits per heavy atom. The third-order valence-electron chi connectivity index (χ3n) is 4.57. The van der Waals surface area contributed by atoms with Crippen molar-refractivity contribution in [3.8, 4) is 11.1 Å². The number of aliphatic hydroxyl groups is 1. The van der Waals surface area contributed by atoms with Gasteiger partial charge in [0.2, 0.25) is 0 Å². The molecule has 2 aromatic rings. The first-order valence-corrected chi connectivity index (χ1v) is 8.52. The molecule has 0 bridgehead atoms. The predicted molar refractivity (Wildman–Crippen MR) is 95.8 cm³/mol. The number of nitrogens with one attached hydrogen (secondary N) is 1. The van der Waals surface area contributed by atoms with Crippen LogP contribution in [0.1, 0.15) is 23.5 Å². The van der Waals surface area contributed by atoms with Gasteiger partial charge in [-0.2, -0.15) is 0 Å². The van der Waals surface area contributed by atoms with Crippen LogP contribution in [-0.2, 0) is 14.3 Å². The number of aliphatic carboxylic acids is 1. The number of carbonyl (C=O) groups excluding carboxylic acids is 1. The molecule has 0 radical (unpaired) electrons. The average Bonchev–Trinajstić information content (AvgIpc) is 2.97. The van der Waals surface area contributed by atoms with Gasteiger partial charge < -0.3 is 20.3 Å². The van der Waals surface area contributed by atoms with Crippen molar-refractivity contribution in [3.63, 3.8) is 0 Å². The zero-order valence-electron chi connectivity index (χ0n) is 14.2. The molecule has 0 spiro atoms. The van der Waals surface area contributed by atoms with Crippen LogP contribution in [0.15, 0.2) is 48.5 Å². The highest BCUT2D eigenvalue weighted by atomic mass is 16.5. The lowest BCUT2D eigenvalue weighted by Gasteiger charge is -2.15. The lowest BCUT2D eigenvalue weighted by Crippen LogP contribution is -2.40. The number of ether oxygens (including phenoxy) is 1. The molecule has 6 heteroatoms. The van der Waals surface area contributed by atoms with Gasteiger partial charge in [-0.25, -0.2) is 0 Å². The minimum atomic E-state index is -1.15. The van der Waals surface area contributed by atoms with E-state index in [0.29, 0.717) is 0 Å². The number of esters is 1. The highest BCUT2D eigenvalue weighted by Gasteiger charge is 2.28. The van der Waals surface area contributed by atoms with Gasteiger partial charge in [0.25, 0.3) is 0 Å². The van der Waals surface area contributed by atoms with E-state index in [-0.39, 0.29) is 25.5 Å². The summed E-state index contributed by atoms with van der Waals surface area (Å²) in [6, 6.07) is 15.1. The number of benzene rings is 2. The van der Waals surface area contributed by atoms with Crippen molar-refractivity contribution in [2.45, 2.75) is 18.4 Å². The van der Waals surface area contributed by atoms with Crippen LogP contribution in [0.2, 0.25) is 0 Å². The monoisotopic (exact) mass is 355 g/mol. The summed E-state index contributed by atoms with van der Waals surface area (Å²) in [5, 5.41) is 20.4. The van der Waals surface area contributed by atoms with Crippen LogP contribution >= 0.6 is 0 Å². The normalized spacial score (nSPS) is 13.7. The Morgan fingerprint density at radius 3 is 2.15 bits per heavy atom. The minimum absolute atomic E-state index is 0.00326. The summed E-state index contributed by atoms with van der Waals surface area (Å²) in [6.45, 7) is -0.149. The summed E-state index contributed by atoms with van der Waals surface area (Å²) in [5.41, 5.74) is 4.62. The lowest BCUT2D eigenvalue weighted by atomic mass is 9.98. The maximum Gasteiger partial charge on any atom is 0.323 e. The Labute approximate surface area is 151 Å². The molecule has 0 aliphatic heterocycles. The van der Waals surface area contributed by atoms with Crippen LogP contribution < -0.4 is 5.32 Å². The molecule has 0 amide bonds. The van der Waals surface area contributed by atoms with Crippen LogP contribution in [0.3, 0.4) is 0 Å². The zero-order valence-corrected chi connectivity index (χ0v) is 14.2. The van der Waals surface area contributed by atoms with E-state index < -0.39 is 24.6 Å². The SMILES string of the molecule is O=C(CCN[C@@H](CO)C(=O)O)OCC1c2ccccc2-c2ccccc21. The van der Waals surface area contributed by atoms with Crippen molar-refractivity contribution >= 4 is 11.9 Å². The molecule has 136 valence electrons. The molecular formula is C20H21NO5. The van der Waals surface area contributed by atoms with Crippen LogP contribution in [-0.4, -0.2) is 48.0 Å². The van der Waals surface area contributed by atoms with Crippen LogP contribution in [0, 0.1) is 0 Å². The molecule has 1 aliphatic carbocycles. The minimum Gasteiger partial charge on any atom is -0.480 e. The van der Waals surface area contributed by atoms with E-state index in [1.807, 2.05) is 36.4 Å². The van der Waals surface area contributed by atoms with Gasteiger partial charge in [-0.05, 0) is 22.3 Å². The number of rotatable bonds is 8. The number of carbonyl (C=O) groups is 2. The van der Waals surface area contributed by atoms with E-state index in [1.54, 1.807) is 0 Å². The van der Waals surface area contributed by atoms with E-state index >= 15 is 0 Å². The van der Waals surface area contributed by atoms with Crippen molar-refractivity contribution in [1.82, 2.24) is 5.32 Å². The van der Waals surface area contributed by atoms with Gasteiger partial charge in [-0.1, -0.05) is 48.5 Å². The van der Waals surface area contributed by atoms with Gasteiger partial charge in [0.05, 0.1) is 13.0 Å². The smallest absolute Gasteiger partial charge is 0.323 e. The van der Waals surface area contributed by atoms with Gasteiger partial charge in [-0.3, -0.25) is 9.59 Å². The largest absolute Gasteiger partial charge is 0.480 e. The van der Waals surface area contributed by atoms with E-state index in [0.717, 1.165) is 22.3 Å². The maximum absolute atomic E-state index is 12.0. The molecule has 0 fully saturated rings. The Bertz CT molecular complexity index is 759. The first-order valence-electron chi connectivity index (χ1n) is 8.52. The average molecular weight is 355 g/mol. The number of hydrogen-bond donors (Lipinski definition) is 3. The molecule has 6 nitrogen and oxygen atoms in total. The molecule has 0 saturated heterocycles. The summed E-state index contributed by atoms with van der Waals surface area (Å²) in [6.07, 6.45) is 0.0415. The van der Waals surface area contributed by atoms with Gasteiger partial charge in [0.1, 0.15) is 12.6 Å². The van der Waals surface area contributed by atoms with E-state index in [2.05, 4.69) is 17.4 Å². The Hall–Kier alpha value is -2.70. The van der Waals surface area contributed by atoms with Gasteiger partial charge in [0, 0.05) is 12.5 Å². The maximum atomic E-state index is 12.0. The van der Waals surface area contributed by atoms with Crippen molar-refractivity contribution in [1.29, 1.82) is 0 Å². The van der Waals surface area contributed by atoms with Crippen molar-refractivity contribution in [2.75, 3.05) is 19.8 Å². The first-order chi connectivity index (χ1) is 12.6. The Balaban J connectivity index is 1.58. The number of carboxylic acids is 1. The number of hydrogen-bond acceptors (Lipinski definition) is 5. The molecule has 0 heterocycles. The van der Waals surface area contributed by atoms with Crippen molar-refractivity contribution in [3.05, 3.63) is 59.7 Å². The van der Waals surface area contributed by atoms with E-state index in [9.17, 15) is 9.59 Å². The summed E-state index contributed by atoms with van der Waals surface area (Å²) < 4.78 is 5.43. The second-order valence-electron chi connectivity index (χ2n) is 6.19. The summed E-state index contributed by atoms with van der Waals surface area (Å²) in [5.74, 6) is -1.55. The molecule has 26 heavy (non-hydrogen) atoms. The van der Waals surface area contributed by atoms with Crippen LogP contribution in [0.4, 0.5) is 0 Å². The summed E-state index contributed by atoms with van der Waals surface area (Å²) in [4.78, 5) is 22.8. The van der Waals surface area contributed by atoms with Crippen LogP contribution in [0.5, 0.6) is 0 Å². The molecule has 3 N–H and O–H groups in total. The highest BCUT2D eigenvalue weighted by molar-refractivity contribution is 5.79. The fourth-order valence-corrected chi connectivity index (χ4v) is 3.27. The number of carboxylic acid groups (broad SMARTS) is 1. The van der Waals surface area contributed by atoms with Gasteiger partial charge in [-0.15, -0.1) is 0 Å². The molecule has 1 atom stereocenters. The first kappa shape index (κ1) is 18.1. The quantitative estimate of drug-likeness (QED) is 0.625. The third kappa shape index (κ3) is 3.76. The Morgan fingerprint density at radius 2 is 1.62 bits per heavy atom. The third-order valence-corrected chi connectivity index (χ3v) is 4.57. The highest BCUT2D eigenvalue weighted by Crippen LogP contribution is 2.44. The standard InChI is InChI=1S/C20H21NO5/c22-11-18(20(24)25)21-10-9-19(23)26-12-17-15-7-3-1-5-13(15)14-6-2-4-8-16(14)17/h1-8,17-18,21-22H,9-12H2,(H,24,25)/t18-/m0/s1. The second kappa shape index (κ2) is 8.12. The van der Waals surface area contributed by atoms with Crippen molar-refractivity contribution < 1.29 is 24.5 Å². The molecule has 3 rings (SSSR count). The van der Waals surface area contributed by atoms with Crippen LogP contribution in [0.25, 0.3) is 11.1 Å². The molecule has 1 aliphatic rings. The number of fused-ring (bicyclic) bond motifs is 3. The summed E-state index contributed by atoms with van der Waals surface area (Å²) in [7, 11) is 0. The molecule has 0 unspecified atom stereocenters. The summed E-state index contributed by atoms with van der Waals surface area (Å²) >= 11 is 0. The fraction of sp³-hybridized carbons (Fsp3) is 0.300. The lowest BCUT2D eigenvalue weighted by molar-refractivity contribution is -0.145. The van der Waals surface area contributed by atoms with E-state index in [4.69, 9.17) is 14.9 Å². The predicted octanol–water partition coefficient (Wildman–Crippen LogP) is 1.77. The zero-order chi connectivity index (χ0) is 18.5. The molecular weight excluding hydrogens is 334 g/mol. The second-order valence-corrected chi connectivity index (χ2v) is 6.19.